The fraction of sp³-hybridized carbons (Fsp3) is 0.222. The molecular weight excluding hydrogens is 136 g/mol. The van der Waals surface area contributed by atoms with Gasteiger partial charge >= 0.3 is 0 Å². The molecule has 0 bridgehead atoms. The van der Waals surface area contributed by atoms with Crippen molar-refractivity contribution >= 4 is 11.3 Å². The minimum absolute atomic E-state index is 0.887. The normalized spacial score (nSPS) is 9.64. The number of aromatic nitrogens is 2. The van der Waals surface area contributed by atoms with Gasteiger partial charge in [0.1, 0.15) is 5.82 Å². The molecule has 0 aliphatic rings. The summed E-state index contributed by atoms with van der Waals surface area (Å²) in [5.74, 6) is 0.887. The van der Waals surface area contributed by atoms with Gasteiger partial charge in [0, 0.05) is 18.1 Å². The lowest BCUT2D eigenvalue weighted by Gasteiger charge is -2.04. The molecule has 0 atom stereocenters. The molecule has 2 nitrogen and oxygen atoms in total. The van der Waals surface area contributed by atoms with Crippen LogP contribution in [0.3, 0.4) is 0 Å². The second-order valence-electron chi connectivity index (χ2n) is 2.64. The third kappa shape index (κ3) is 1.40. The first kappa shape index (κ1) is 7.79. The predicted octanol–water partition coefficient (Wildman–Crippen LogP) is 2.41. The van der Waals surface area contributed by atoms with Crippen molar-refractivity contribution in [3.05, 3.63) is 31.4 Å². The number of nitrogens with zero attached hydrogens (tertiary/aromatic N) is 2. The van der Waals surface area contributed by atoms with Crippen LogP contribution in [0, 0.1) is 0 Å². The van der Waals surface area contributed by atoms with Crippen molar-refractivity contribution < 1.29 is 0 Å². The average molecular weight is 148 g/mol. The molecule has 0 N–H and O–H groups in total. The number of imidazole rings is 1. The summed E-state index contributed by atoms with van der Waals surface area (Å²) in [5, 5.41) is 0. The molecule has 0 aliphatic heterocycles. The molecule has 58 valence electrons. The summed E-state index contributed by atoms with van der Waals surface area (Å²) in [6.45, 7) is 11.5. The van der Waals surface area contributed by atoms with Gasteiger partial charge in [-0.05, 0) is 19.4 Å². The molecule has 1 aromatic rings. The molecule has 0 aliphatic carbocycles. The summed E-state index contributed by atoms with van der Waals surface area (Å²) in [6.07, 6.45) is 3.63. The summed E-state index contributed by atoms with van der Waals surface area (Å²) in [7, 11) is 0. The summed E-state index contributed by atoms with van der Waals surface area (Å²) < 4.78 is 1.92. The van der Waals surface area contributed by atoms with E-state index in [4.69, 9.17) is 0 Å². The molecule has 2 heteroatoms. The average Bonchev–Trinajstić information content (AvgIpc) is 2.32. The Hall–Kier alpha value is -1.31. The Bertz CT molecular complexity index is 266. The van der Waals surface area contributed by atoms with Gasteiger partial charge in [0.2, 0.25) is 0 Å². The molecule has 0 saturated carbocycles. The Morgan fingerprint density at radius 2 is 2.09 bits per heavy atom. The molecule has 0 fully saturated rings. The maximum atomic E-state index is 4.14. The number of allylic oxidation sites excluding steroid dienone is 2. The van der Waals surface area contributed by atoms with Crippen LogP contribution in [0.5, 0.6) is 0 Å². The van der Waals surface area contributed by atoms with Crippen molar-refractivity contribution in [1.29, 1.82) is 0 Å². The van der Waals surface area contributed by atoms with Crippen LogP contribution >= 0.6 is 0 Å². The van der Waals surface area contributed by atoms with Crippen molar-refractivity contribution in [1.82, 2.24) is 9.55 Å². The van der Waals surface area contributed by atoms with Gasteiger partial charge in [-0.15, -0.1) is 0 Å². The smallest absolute Gasteiger partial charge is 0.139 e. The Morgan fingerprint density at radius 3 is 2.45 bits per heavy atom. The van der Waals surface area contributed by atoms with Gasteiger partial charge in [-0.1, -0.05) is 13.2 Å². The number of hydrogen-bond acceptors (Lipinski definition) is 1. The summed E-state index contributed by atoms with van der Waals surface area (Å²) >= 11 is 0. The lowest BCUT2D eigenvalue weighted by molar-refractivity contribution is 1.04. The summed E-state index contributed by atoms with van der Waals surface area (Å²) in [6, 6.07) is 0. The van der Waals surface area contributed by atoms with E-state index in [1.165, 1.54) is 0 Å². The number of rotatable bonds is 2. The van der Waals surface area contributed by atoms with E-state index in [0.29, 0.717) is 0 Å². The molecule has 0 saturated heterocycles. The zero-order valence-electron chi connectivity index (χ0n) is 6.96. The largest absolute Gasteiger partial charge is 0.305 e. The highest BCUT2D eigenvalue weighted by Crippen LogP contribution is 2.12. The second-order valence-corrected chi connectivity index (χ2v) is 2.64. The van der Waals surface area contributed by atoms with Crippen LogP contribution in [0.2, 0.25) is 0 Å². The minimum Gasteiger partial charge on any atom is -0.305 e. The highest BCUT2D eigenvalue weighted by Gasteiger charge is 2.01. The molecule has 0 amide bonds. The highest BCUT2D eigenvalue weighted by molar-refractivity contribution is 5.59. The zero-order chi connectivity index (χ0) is 8.43. The van der Waals surface area contributed by atoms with Crippen molar-refractivity contribution in [2.24, 2.45) is 0 Å². The lowest BCUT2D eigenvalue weighted by atomic mass is 10.3. The van der Waals surface area contributed by atoms with E-state index in [0.717, 1.165) is 17.1 Å². The third-order valence-corrected chi connectivity index (χ3v) is 1.43. The van der Waals surface area contributed by atoms with Crippen LogP contribution < -0.4 is 0 Å². The summed E-state index contributed by atoms with van der Waals surface area (Å²) in [5.41, 5.74) is 1.92. The maximum Gasteiger partial charge on any atom is 0.139 e. The quantitative estimate of drug-likeness (QED) is 0.629. The van der Waals surface area contributed by atoms with Crippen molar-refractivity contribution in [3.8, 4) is 0 Å². The van der Waals surface area contributed by atoms with Crippen LogP contribution in [0.4, 0.5) is 0 Å². The molecule has 0 spiro atoms. The van der Waals surface area contributed by atoms with Crippen LogP contribution in [0.1, 0.15) is 19.7 Å². The van der Waals surface area contributed by atoms with Gasteiger partial charge in [-0.3, -0.25) is 0 Å². The molecule has 1 rings (SSSR count). The third-order valence-electron chi connectivity index (χ3n) is 1.43. The minimum atomic E-state index is 0.887. The van der Waals surface area contributed by atoms with Gasteiger partial charge in [-0.25, -0.2) is 4.98 Å². The van der Waals surface area contributed by atoms with Gasteiger partial charge in [0.05, 0.1) is 0 Å². The predicted molar refractivity (Wildman–Crippen MR) is 47.9 cm³/mol. The van der Waals surface area contributed by atoms with Crippen LogP contribution in [0.15, 0.2) is 25.6 Å². The monoisotopic (exact) mass is 148 g/mol. The van der Waals surface area contributed by atoms with E-state index in [-0.39, 0.29) is 0 Å². The molecule has 11 heavy (non-hydrogen) atoms. The van der Waals surface area contributed by atoms with E-state index in [1.807, 2.05) is 24.6 Å². The molecule has 0 aromatic carbocycles. The van der Waals surface area contributed by atoms with Gasteiger partial charge in [-0.2, -0.15) is 0 Å². The van der Waals surface area contributed by atoms with Gasteiger partial charge in [0.15, 0.2) is 0 Å². The van der Waals surface area contributed by atoms with Gasteiger partial charge in [0.25, 0.3) is 0 Å². The Labute approximate surface area is 66.9 Å². The fourth-order valence-electron chi connectivity index (χ4n) is 0.927. The molecule has 0 radical (unpaired) electrons. The molecule has 0 unspecified atom stereocenters. The first-order valence-electron chi connectivity index (χ1n) is 3.48. The molecular formula is C9H12N2. The fourth-order valence-corrected chi connectivity index (χ4v) is 0.927. The highest BCUT2D eigenvalue weighted by atomic mass is 15.1. The second kappa shape index (κ2) is 2.74. The topological polar surface area (TPSA) is 17.8 Å². The first-order valence-corrected chi connectivity index (χ1v) is 3.48. The van der Waals surface area contributed by atoms with E-state index in [9.17, 15) is 0 Å². The number of hydrogen-bond donors (Lipinski definition) is 0. The van der Waals surface area contributed by atoms with Crippen molar-refractivity contribution in [2.45, 2.75) is 13.8 Å². The van der Waals surface area contributed by atoms with Crippen molar-refractivity contribution in [2.75, 3.05) is 0 Å². The Kier molecular flexibility index (Phi) is 1.94. The van der Waals surface area contributed by atoms with E-state index in [1.54, 1.807) is 6.20 Å². The van der Waals surface area contributed by atoms with E-state index < -0.39 is 0 Å². The SMILES string of the molecule is C=C(C)c1nccn1C(=C)C. The zero-order valence-corrected chi connectivity index (χ0v) is 6.96. The van der Waals surface area contributed by atoms with Crippen LogP contribution in [-0.2, 0) is 0 Å². The molecule has 1 aromatic heterocycles. The van der Waals surface area contributed by atoms with E-state index >= 15 is 0 Å². The molecule has 1 heterocycles. The van der Waals surface area contributed by atoms with Crippen molar-refractivity contribution in [3.63, 3.8) is 0 Å². The van der Waals surface area contributed by atoms with E-state index in [2.05, 4.69) is 18.1 Å². The van der Waals surface area contributed by atoms with Crippen LogP contribution in [-0.4, -0.2) is 9.55 Å². The lowest BCUT2D eigenvalue weighted by Crippen LogP contribution is -1.95. The maximum absolute atomic E-state index is 4.14. The van der Waals surface area contributed by atoms with Crippen LogP contribution in [0.25, 0.3) is 11.3 Å². The summed E-state index contributed by atoms with van der Waals surface area (Å²) in [4.78, 5) is 4.14. The van der Waals surface area contributed by atoms with Gasteiger partial charge < -0.3 is 4.57 Å². The Balaban J connectivity index is 3.16. The Morgan fingerprint density at radius 1 is 1.45 bits per heavy atom. The first-order chi connectivity index (χ1) is 5.13. The standard InChI is InChI=1S/C9H12N2/c1-7(2)9-10-5-6-11(9)8(3)4/h5-6H,1,3H2,2,4H3.